The number of nitrogens with zero attached hydrogens (tertiary/aromatic N) is 2. The summed E-state index contributed by atoms with van der Waals surface area (Å²) in [7, 11) is 0. The Bertz CT molecular complexity index is 895. The van der Waals surface area contributed by atoms with Crippen molar-refractivity contribution >= 4 is 16.8 Å². The van der Waals surface area contributed by atoms with E-state index in [0.717, 1.165) is 17.5 Å². The molecule has 2 heterocycles. The van der Waals surface area contributed by atoms with Gasteiger partial charge in [-0.15, -0.1) is 0 Å². The first-order valence-electron chi connectivity index (χ1n) is 7.50. The minimum Gasteiger partial charge on any atom is -0.361 e. The van der Waals surface area contributed by atoms with Crippen LogP contribution in [0.25, 0.3) is 10.9 Å². The van der Waals surface area contributed by atoms with Gasteiger partial charge in [0.1, 0.15) is 6.54 Å². The molecule has 6 nitrogen and oxygen atoms in total. The third-order valence-corrected chi connectivity index (χ3v) is 3.68. The molecule has 0 spiro atoms. The van der Waals surface area contributed by atoms with Crippen LogP contribution in [0.4, 0.5) is 0 Å². The summed E-state index contributed by atoms with van der Waals surface area (Å²) in [6, 6.07) is 11.1. The Balaban J connectivity index is 1.57. The number of aromatic nitrogens is 3. The standard InChI is InChI=1S/C17H18N4O2/c1-12-6-7-17(23)21(20-12)11-16(22)18-9-8-13-10-19-15-5-3-2-4-14(13)15/h2-7,10,19H,8-9,11H2,1H3,(H,18,22). The number of nitrogens with one attached hydrogen (secondary N) is 2. The average molecular weight is 310 g/mol. The zero-order valence-electron chi connectivity index (χ0n) is 12.9. The number of H-pyrrole nitrogens is 1. The minimum absolute atomic E-state index is 0.0611. The number of carbonyl (C=O) groups excluding carboxylic acids is 1. The van der Waals surface area contributed by atoms with Crippen LogP contribution in [0.3, 0.4) is 0 Å². The molecule has 2 N–H and O–H groups in total. The molecule has 3 aromatic rings. The first kappa shape index (κ1) is 15.0. The molecule has 0 bridgehead atoms. The van der Waals surface area contributed by atoms with Crippen molar-refractivity contribution in [3.05, 3.63) is 64.2 Å². The summed E-state index contributed by atoms with van der Waals surface area (Å²) in [6.07, 6.45) is 2.69. The molecule has 0 radical (unpaired) electrons. The van der Waals surface area contributed by atoms with Gasteiger partial charge in [0.25, 0.3) is 5.56 Å². The Kier molecular flexibility index (Phi) is 4.23. The van der Waals surface area contributed by atoms with Crippen LogP contribution in [-0.4, -0.2) is 27.2 Å². The molecule has 0 aliphatic rings. The van der Waals surface area contributed by atoms with Crippen molar-refractivity contribution in [2.24, 2.45) is 0 Å². The Morgan fingerprint density at radius 2 is 2.09 bits per heavy atom. The highest BCUT2D eigenvalue weighted by Gasteiger charge is 2.07. The van der Waals surface area contributed by atoms with Crippen LogP contribution in [0, 0.1) is 6.92 Å². The largest absolute Gasteiger partial charge is 0.361 e. The van der Waals surface area contributed by atoms with Gasteiger partial charge in [-0.05, 0) is 31.0 Å². The molecule has 118 valence electrons. The number of hydrogen-bond acceptors (Lipinski definition) is 3. The highest BCUT2D eigenvalue weighted by Crippen LogP contribution is 2.17. The van der Waals surface area contributed by atoms with Gasteiger partial charge in [0.15, 0.2) is 0 Å². The van der Waals surface area contributed by atoms with Crippen LogP contribution >= 0.6 is 0 Å². The van der Waals surface area contributed by atoms with Gasteiger partial charge in [-0.1, -0.05) is 18.2 Å². The zero-order valence-corrected chi connectivity index (χ0v) is 12.9. The van der Waals surface area contributed by atoms with E-state index in [1.165, 1.54) is 16.1 Å². The smallest absolute Gasteiger partial charge is 0.267 e. The predicted octanol–water partition coefficient (Wildman–Crippen LogP) is 1.39. The third-order valence-electron chi connectivity index (χ3n) is 3.68. The number of carbonyl (C=O) groups is 1. The van der Waals surface area contributed by atoms with Crippen molar-refractivity contribution in [2.75, 3.05) is 6.54 Å². The first-order chi connectivity index (χ1) is 11.1. The summed E-state index contributed by atoms with van der Waals surface area (Å²) in [5.41, 5.74) is 2.68. The molecular weight excluding hydrogens is 292 g/mol. The van der Waals surface area contributed by atoms with Crippen LogP contribution in [0.5, 0.6) is 0 Å². The van der Waals surface area contributed by atoms with E-state index in [-0.39, 0.29) is 18.0 Å². The molecule has 6 heteroatoms. The Labute approximate surface area is 133 Å². The summed E-state index contributed by atoms with van der Waals surface area (Å²) in [6.45, 7) is 2.24. The van der Waals surface area contributed by atoms with Crippen LogP contribution in [0.1, 0.15) is 11.3 Å². The summed E-state index contributed by atoms with van der Waals surface area (Å²) in [4.78, 5) is 26.8. The maximum absolute atomic E-state index is 11.9. The van der Waals surface area contributed by atoms with E-state index in [1.807, 2.05) is 24.4 Å². The Hall–Kier alpha value is -2.89. The molecule has 0 aliphatic carbocycles. The van der Waals surface area contributed by atoms with Crippen molar-refractivity contribution in [3.63, 3.8) is 0 Å². The molecule has 0 saturated heterocycles. The number of para-hydroxylation sites is 1. The molecule has 2 aromatic heterocycles. The maximum atomic E-state index is 11.9. The predicted molar refractivity (Wildman–Crippen MR) is 88.2 cm³/mol. The lowest BCUT2D eigenvalue weighted by molar-refractivity contribution is -0.121. The molecular formula is C17H18N4O2. The Morgan fingerprint density at radius 1 is 1.26 bits per heavy atom. The highest BCUT2D eigenvalue weighted by molar-refractivity contribution is 5.83. The van der Waals surface area contributed by atoms with Gasteiger partial charge in [0.2, 0.25) is 5.91 Å². The van der Waals surface area contributed by atoms with Crippen LogP contribution < -0.4 is 10.9 Å². The summed E-state index contributed by atoms with van der Waals surface area (Å²) < 4.78 is 1.18. The van der Waals surface area contributed by atoms with Crippen LogP contribution in [-0.2, 0) is 17.8 Å². The molecule has 0 atom stereocenters. The lowest BCUT2D eigenvalue weighted by Gasteiger charge is -2.07. The van der Waals surface area contributed by atoms with E-state index in [2.05, 4.69) is 21.5 Å². The fourth-order valence-electron chi connectivity index (χ4n) is 2.53. The molecule has 1 aromatic carbocycles. The SMILES string of the molecule is Cc1ccc(=O)n(CC(=O)NCCc2c[nH]c3ccccc23)n1. The van der Waals surface area contributed by atoms with Gasteiger partial charge in [-0.3, -0.25) is 9.59 Å². The summed E-state index contributed by atoms with van der Waals surface area (Å²) in [5.74, 6) is -0.218. The molecule has 1 amide bonds. The normalized spacial score (nSPS) is 10.8. The van der Waals surface area contributed by atoms with Gasteiger partial charge < -0.3 is 10.3 Å². The van der Waals surface area contributed by atoms with Crippen molar-refractivity contribution in [1.82, 2.24) is 20.1 Å². The molecule has 0 unspecified atom stereocenters. The zero-order chi connectivity index (χ0) is 16.2. The lowest BCUT2D eigenvalue weighted by atomic mass is 10.1. The third kappa shape index (κ3) is 3.48. The quantitative estimate of drug-likeness (QED) is 0.747. The topological polar surface area (TPSA) is 79.8 Å². The van der Waals surface area contributed by atoms with Gasteiger partial charge >= 0.3 is 0 Å². The van der Waals surface area contributed by atoms with Crippen molar-refractivity contribution in [1.29, 1.82) is 0 Å². The van der Waals surface area contributed by atoms with Crippen LogP contribution in [0.2, 0.25) is 0 Å². The summed E-state index contributed by atoms with van der Waals surface area (Å²) in [5, 5.41) is 8.04. The molecule has 0 fully saturated rings. The van der Waals surface area contributed by atoms with Gasteiger partial charge in [-0.2, -0.15) is 5.10 Å². The fraction of sp³-hybridized carbons (Fsp3) is 0.235. The number of hydrogen-bond donors (Lipinski definition) is 2. The Morgan fingerprint density at radius 3 is 2.96 bits per heavy atom. The minimum atomic E-state index is -0.276. The number of benzene rings is 1. The number of aromatic amines is 1. The van der Waals surface area contributed by atoms with Gasteiger partial charge in [0.05, 0.1) is 5.69 Å². The second kappa shape index (κ2) is 6.48. The van der Waals surface area contributed by atoms with Crippen molar-refractivity contribution in [3.8, 4) is 0 Å². The number of fused-ring (bicyclic) bond motifs is 1. The van der Waals surface area contributed by atoms with Gasteiger partial charge in [0, 0.05) is 29.7 Å². The average Bonchev–Trinajstić information content (AvgIpc) is 2.94. The fourth-order valence-corrected chi connectivity index (χ4v) is 2.53. The first-order valence-corrected chi connectivity index (χ1v) is 7.50. The van der Waals surface area contributed by atoms with Crippen LogP contribution in [0.15, 0.2) is 47.4 Å². The van der Waals surface area contributed by atoms with E-state index < -0.39 is 0 Å². The van der Waals surface area contributed by atoms with E-state index in [1.54, 1.807) is 13.0 Å². The molecule has 23 heavy (non-hydrogen) atoms. The van der Waals surface area contributed by atoms with E-state index in [0.29, 0.717) is 12.2 Å². The number of aryl methyl sites for hydroxylation is 1. The highest BCUT2D eigenvalue weighted by atomic mass is 16.2. The van der Waals surface area contributed by atoms with Crippen molar-refractivity contribution in [2.45, 2.75) is 19.9 Å². The summed E-state index contributed by atoms with van der Waals surface area (Å²) >= 11 is 0. The number of rotatable bonds is 5. The van der Waals surface area contributed by atoms with Crippen molar-refractivity contribution < 1.29 is 4.79 Å². The van der Waals surface area contributed by atoms with Gasteiger partial charge in [-0.25, -0.2) is 4.68 Å². The number of amides is 1. The molecule has 0 saturated carbocycles. The second-order valence-electron chi connectivity index (χ2n) is 5.43. The van der Waals surface area contributed by atoms with E-state index in [9.17, 15) is 9.59 Å². The maximum Gasteiger partial charge on any atom is 0.267 e. The second-order valence-corrected chi connectivity index (χ2v) is 5.43. The molecule has 0 aliphatic heterocycles. The van der Waals surface area contributed by atoms with E-state index >= 15 is 0 Å². The lowest BCUT2D eigenvalue weighted by Crippen LogP contribution is -2.34. The molecule has 3 rings (SSSR count). The van der Waals surface area contributed by atoms with E-state index in [4.69, 9.17) is 0 Å². The monoisotopic (exact) mass is 310 g/mol.